The maximum Gasteiger partial charge on any atom is 0.294 e. The van der Waals surface area contributed by atoms with Crippen molar-refractivity contribution in [1.29, 1.82) is 0 Å². The van der Waals surface area contributed by atoms with E-state index in [1.165, 1.54) is 10.7 Å². The number of hydrogen-bond acceptors (Lipinski definition) is 6. The number of halogens is 1. The summed E-state index contributed by atoms with van der Waals surface area (Å²) in [6.45, 7) is 2.87. The van der Waals surface area contributed by atoms with Crippen LogP contribution < -0.4 is 10.6 Å². The predicted octanol–water partition coefficient (Wildman–Crippen LogP) is 1.95. The topological polar surface area (TPSA) is 111 Å². The Morgan fingerprint density at radius 3 is 2.75 bits per heavy atom. The van der Waals surface area contributed by atoms with Crippen molar-refractivity contribution < 1.29 is 14.5 Å². The molecule has 0 atom stereocenters. The number of piperidine rings is 1. The lowest BCUT2D eigenvalue weighted by Crippen LogP contribution is -2.47. The van der Waals surface area contributed by atoms with Gasteiger partial charge in [-0.2, -0.15) is 5.10 Å². The van der Waals surface area contributed by atoms with E-state index in [1.54, 1.807) is 37.6 Å². The Morgan fingerprint density at radius 1 is 1.36 bits per heavy atom. The number of rotatable bonds is 7. The lowest BCUT2D eigenvalue weighted by molar-refractivity contribution is -0.384. The summed E-state index contributed by atoms with van der Waals surface area (Å²) in [4.78, 5) is 23.2. The molecule has 152 valence electrons. The molecule has 1 saturated heterocycles. The molecule has 0 aliphatic carbocycles. The monoisotopic (exact) mass is 409 g/mol. The molecule has 1 amide bonds. The van der Waals surface area contributed by atoms with Crippen LogP contribution in [0.3, 0.4) is 0 Å². The van der Waals surface area contributed by atoms with E-state index in [2.05, 4.69) is 15.7 Å². The summed E-state index contributed by atoms with van der Waals surface area (Å²) in [5.74, 6) is -0.304. The maximum atomic E-state index is 12.5. The van der Waals surface area contributed by atoms with E-state index < -0.39 is 4.92 Å². The number of aromatic nitrogens is 2. The molecule has 0 unspecified atom stereocenters. The molecule has 1 aliphatic heterocycles. The number of carbonyl (C=O) groups is 1. The van der Waals surface area contributed by atoms with Gasteiger partial charge < -0.3 is 15.4 Å². The Morgan fingerprint density at radius 2 is 2.07 bits per heavy atom. The van der Waals surface area contributed by atoms with Crippen molar-refractivity contribution in [2.45, 2.75) is 12.8 Å². The van der Waals surface area contributed by atoms with Crippen LogP contribution in [0.5, 0.6) is 0 Å². The van der Waals surface area contributed by atoms with Crippen molar-refractivity contribution in [1.82, 2.24) is 20.4 Å². The van der Waals surface area contributed by atoms with E-state index in [1.807, 2.05) is 0 Å². The van der Waals surface area contributed by atoms with Gasteiger partial charge in [-0.1, -0.05) is 12.1 Å². The second kappa shape index (κ2) is 9.63. The van der Waals surface area contributed by atoms with Gasteiger partial charge in [0, 0.05) is 31.3 Å². The quantitative estimate of drug-likeness (QED) is 0.534. The molecule has 1 fully saturated rings. The molecule has 0 spiro atoms. The molecule has 9 nitrogen and oxygen atoms in total. The summed E-state index contributed by atoms with van der Waals surface area (Å²) < 4.78 is 6.71. The van der Waals surface area contributed by atoms with E-state index in [4.69, 9.17) is 4.74 Å². The van der Waals surface area contributed by atoms with Crippen molar-refractivity contribution >= 4 is 24.0 Å². The van der Waals surface area contributed by atoms with Gasteiger partial charge in [-0.3, -0.25) is 14.9 Å². The van der Waals surface area contributed by atoms with Crippen LogP contribution in [0.15, 0.2) is 36.5 Å². The van der Waals surface area contributed by atoms with Gasteiger partial charge in [0.2, 0.25) is 0 Å². The van der Waals surface area contributed by atoms with Crippen molar-refractivity contribution in [2.24, 2.45) is 5.41 Å². The predicted molar refractivity (Wildman–Crippen MR) is 106 cm³/mol. The van der Waals surface area contributed by atoms with E-state index in [0.29, 0.717) is 18.8 Å². The number of benzene rings is 1. The third-order valence-electron chi connectivity index (χ3n) is 4.89. The Bertz CT molecular complexity index is 814. The number of nitro groups is 1. The number of hydrogen-bond donors (Lipinski definition) is 2. The molecule has 1 aromatic carbocycles. The summed E-state index contributed by atoms with van der Waals surface area (Å²) in [5, 5.41) is 21.6. The van der Waals surface area contributed by atoms with E-state index in [9.17, 15) is 14.9 Å². The minimum atomic E-state index is -0.470. The average Bonchev–Trinajstić information content (AvgIpc) is 3.17. The number of carbonyl (C=O) groups excluding carboxylic acids is 1. The van der Waals surface area contributed by atoms with Gasteiger partial charge in [0.1, 0.15) is 5.69 Å². The fraction of sp³-hybridized carbons (Fsp3) is 0.444. The molecular formula is C18H24ClN5O4. The fourth-order valence-corrected chi connectivity index (χ4v) is 3.39. The number of nitrogens with zero attached hydrogens (tertiary/aromatic N) is 3. The molecule has 1 aliphatic rings. The van der Waals surface area contributed by atoms with Gasteiger partial charge in [-0.05, 0) is 38.1 Å². The number of ether oxygens (including phenoxy) is 1. The zero-order valence-electron chi connectivity index (χ0n) is 15.6. The lowest BCUT2D eigenvalue weighted by atomic mass is 9.79. The van der Waals surface area contributed by atoms with Crippen LogP contribution in [-0.2, 0) is 4.74 Å². The standard InChI is InChI=1S/C18H23N5O4.ClH/c1-27-13-18(7-9-19-10-8-18)12-20-17(24)14-6-11-22(21-14)15-4-2-3-5-16(15)23(25)26;/h2-6,11,19H,7-10,12-13H2,1H3,(H,20,24);1H. The molecule has 0 saturated carbocycles. The second-order valence-electron chi connectivity index (χ2n) is 6.76. The molecule has 2 N–H and O–H groups in total. The van der Waals surface area contributed by atoms with Crippen LogP contribution in [0.2, 0.25) is 0 Å². The Kier molecular flexibility index (Phi) is 7.50. The van der Waals surface area contributed by atoms with Gasteiger partial charge in [-0.25, -0.2) is 4.68 Å². The summed E-state index contributed by atoms with van der Waals surface area (Å²) >= 11 is 0. The van der Waals surface area contributed by atoms with E-state index in [0.717, 1.165) is 25.9 Å². The Labute approximate surface area is 169 Å². The smallest absolute Gasteiger partial charge is 0.294 e. The first-order valence-corrected chi connectivity index (χ1v) is 8.82. The molecule has 2 heterocycles. The van der Waals surface area contributed by atoms with Gasteiger partial charge in [-0.15, -0.1) is 12.4 Å². The fourth-order valence-electron chi connectivity index (χ4n) is 3.39. The highest BCUT2D eigenvalue weighted by atomic mass is 35.5. The normalized spacial score (nSPS) is 15.5. The molecular weight excluding hydrogens is 386 g/mol. The summed E-state index contributed by atoms with van der Waals surface area (Å²) in [6.07, 6.45) is 3.39. The first-order valence-electron chi connectivity index (χ1n) is 8.82. The van der Waals surface area contributed by atoms with E-state index >= 15 is 0 Å². The van der Waals surface area contributed by atoms with Crippen molar-refractivity contribution in [3.8, 4) is 5.69 Å². The van der Waals surface area contributed by atoms with Crippen molar-refractivity contribution in [2.75, 3.05) is 33.4 Å². The third kappa shape index (κ3) is 4.86. The third-order valence-corrected chi connectivity index (χ3v) is 4.89. The summed E-state index contributed by atoms with van der Waals surface area (Å²) in [7, 11) is 1.67. The SMILES string of the molecule is COCC1(CNC(=O)c2ccn(-c3ccccc3[N+](=O)[O-])n2)CCNCC1.Cl. The van der Waals surface area contributed by atoms with Crippen molar-refractivity contribution in [3.05, 3.63) is 52.3 Å². The lowest BCUT2D eigenvalue weighted by Gasteiger charge is -2.37. The van der Waals surface area contributed by atoms with Crippen LogP contribution in [0, 0.1) is 15.5 Å². The molecule has 28 heavy (non-hydrogen) atoms. The number of nitro benzene ring substituents is 1. The zero-order valence-corrected chi connectivity index (χ0v) is 16.4. The van der Waals surface area contributed by atoms with Crippen LogP contribution in [0.1, 0.15) is 23.3 Å². The number of methoxy groups -OCH3 is 1. The van der Waals surface area contributed by atoms with Crippen LogP contribution in [0.25, 0.3) is 5.69 Å². The first-order chi connectivity index (χ1) is 13.0. The highest BCUT2D eigenvalue weighted by Gasteiger charge is 2.32. The van der Waals surface area contributed by atoms with E-state index in [-0.39, 0.29) is 35.1 Å². The highest BCUT2D eigenvalue weighted by molar-refractivity contribution is 5.92. The molecule has 0 radical (unpaired) electrons. The van der Waals surface area contributed by atoms with Crippen LogP contribution >= 0.6 is 12.4 Å². The largest absolute Gasteiger partial charge is 0.384 e. The molecule has 1 aromatic heterocycles. The minimum Gasteiger partial charge on any atom is -0.384 e. The van der Waals surface area contributed by atoms with Crippen LogP contribution in [0.4, 0.5) is 5.69 Å². The number of nitrogens with one attached hydrogen (secondary N) is 2. The summed E-state index contributed by atoms with van der Waals surface area (Å²) in [5.41, 5.74) is 0.378. The Hall–Kier alpha value is -2.49. The Balaban J connectivity index is 0.00000280. The van der Waals surface area contributed by atoms with Gasteiger partial charge in [0.25, 0.3) is 11.6 Å². The van der Waals surface area contributed by atoms with Gasteiger partial charge in [0.05, 0.1) is 11.5 Å². The molecule has 2 aromatic rings. The first kappa shape index (κ1) is 21.8. The molecule has 3 rings (SSSR count). The zero-order chi connectivity index (χ0) is 19.3. The average molecular weight is 410 g/mol. The molecule has 0 bridgehead atoms. The van der Waals surface area contributed by atoms with Crippen molar-refractivity contribution in [3.63, 3.8) is 0 Å². The summed E-state index contributed by atoms with van der Waals surface area (Å²) in [6, 6.07) is 7.83. The highest BCUT2D eigenvalue weighted by Crippen LogP contribution is 2.28. The van der Waals surface area contributed by atoms with Gasteiger partial charge >= 0.3 is 0 Å². The second-order valence-corrected chi connectivity index (χ2v) is 6.76. The molecule has 10 heteroatoms. The number of amides is 1. The van der Waals surface area contributed by atoms with Gasteiger partial charge in [0.15, 0.2) is 5.69 Å². The maximum absolute atomic E-state index is 12.5. The minimum absolute atomic E-state index is 0. The number of para-hydroxylation sites is 2. The van der Waals surface area contributed by atoms with Crippen LogP contribution in [-0.4, -0.2) is 54.0 Å².